The largest absolute Gasteiger partial charge is 0.492 e. The van der Waals surface area contributed by atoms with Crippen molar-refractivity contribution in [2.24, 2.45) is 0 Å². The van der Waals surface area contributed by atoms with Gasteiger partial charge in [-0.25, -0.2) is 9.13 Å². The Labute approximate surface area is 115 Å². The molecule has 0 spiro atoms. The second kappa shape index (κ2) is 5.48. The summed E-state index contributed by atoms with van der Waals surface area (Å²) < 4.78 is 53.1. The first-order valence-electron chi connectivity index (χ1n) is 5.84. The molecule has 0 saturated carbocycles. The zero-order valence-corrected chi connectivity index (χ0v) is 12.1. The van der Waals surface area contributed by atoms with E-state index >= 15 is 0 Å². The van der Waals surface area contributed by atoms with E-state index in [1.54, 1.807) is 24.3 Å². The third-order valence-electron chi connectivity index (χ3n) is 2.43. The Balaban J connectivity index is 1.68. The molecule has 20 heavy (non-hydrogen) atoms. The summed E-state index contributed by atoms with van der Waals surface area (Å²) in [4.78, 5) is 0. The number of phosphoric acid groups is 2. The van der Waals surface area contributed by atoms with Gasteiger partial charge in [-0.3, -0.25) is 9.05 Å². The van der Waals surface area contributed by atoms with E-state index in [4.69, 9.17) is 18.5 Å². The highest BCUT2D eigenvalue weighted by atomic mass is 31.3. The summed E-state index contributed by atoms with van der Waals surface area (Å²) in [7, 11) is -7.55. The Morgan fingerprint density at radius 2 is 1.10 bits per heavy atom. The number of hydrogen-bond donors (Lipinski definition) is 0. The maximum absolute atomic E-state index is 11.7. The van der Waals surface area contributed by atoms with E-state index in [2.05, 4.69) is 8.62 Å². The zero-order valence-electron chi connectivity index (χ0n) is 10.3. The Morgan fingerprint density at radius 3 is 1.50 bits per heavy atom. The lowest BCUT2D eigenvalue weighted by atomic mass is 10.3. The zero-order chi connectivity index (χ0) is 14.1. The lowest BCUT2D eigenvalue weighted by Gasteiger charge is -2.31. The molecule has 0 amide bonds. The summed E-state index contributed by atoms with van der Waals surface area (Å²) in [6, 6.07) is 6.92. The van der Waals surface area contributed by atoms with Crippen molar-refractivity contribution in [3.8, 4) is 11.5 Å². The predicted octanol–water partition coefficient (Wildman–Crippen LogP) is 2.75. The molecule has 1 aromatic rings. The minimum Gasteiger partial charge on any atom is -0.491 e. The Kier molecular flexibility index (Phi) is 3.86. The summed E-state index contributed by atoms with van der Waals surface area (Å²) in [6.45, 7) is 0.217. The van der Waals surface area contributed by atoms with Gasteiger partial charge in [-0.1, -0.05) is 0 Å². The van der Waals surface area contributed by atoms with Crippen LogP contribution in [0.4, 0.5) is 0 Å². The van der Waals surface area contributed by atoms with Crippen molar-refractivity contribution in [1.82, 2.24) is 0 Å². The highest BCUT2D eigenvalue weighted by Crippen LogP contribution is 2.82. The standard InChI is InChI=1S/C10H12O8P2/c11-19-15-7-5-13-9-1-2-10(4-3-9)14-6-8-16-20(12,17-19)18-19/h1-4H,5-8H2. The van der Waals surface area contributed by atoms with E-state index in [0.717, 1.165) is 0 Å². The van der Waals surface area contributed by atoms with E-state index in [1.807, 2.05) is 0 Å². The van der Waals surface area contributed by atoms with Crippen LogP contribution >= 0.6 is 15.6 Å². The highest BCUT2D eigenvalue weighted by Gasteiger charge is 2.56. The molecule has 1 saturated heterocycles. The van der Waals surface area contributed by atoms with Crippen LogP contribution in [0.3, 0.4) is 0 Å². The fourth-order valence-electron chi connectivity index (χ4n) is 1.59. The fraction of sp³-hybridized carbons (Fsp3) is 0.400. The van der Waals surface area contributed by atoms with Crippen LogP contribution in [0.15, 0.2) is 24.3 Å². The molecule has 0 atom stereocenters. The smallest absolute Gasteiger partial charge is 0.491 e. The van der Waals surface area contributed by atoms with E-state index in [9.17, 15) is 9.13 Å². The molecule has 0 N–H and O–H groups in total. The summed E-state index contributed by atoms with van der Waals surface area (Å²) in [5.41, 5.74) is 0. The van der Waals surface area contributed by atoms with E-state index in [0.29, 0.717) is 11.5 Å². The Morgan fingerprint density at radius 1 is 0.700 bits per heavy atom. The molecule has 6 rings (SSSR count). The molecule has 5 aliphatic rings. The minimum atomic E-state index is -3.77. The van der Waals surface area contributed by atoms with Crippen molar-refractivity contribution >= 4 is 15.6 Å². The third kappa shape index (κ3) is 3.23. The molecule has 0 aromatic heterocycles. The van der Waals surface area contributed by atoms with Crippen LogP contribution in [0.25, 0.3) is 0 Å². The van der Waals surface area contributed by atoms with Crippen LogP contribution in [-0.4, -0.2) is 26.4 Å². The Bertz CT molecular complexity index is 508. The first-order chi connectivity index (χ1) is 9.57. The molecule has 1 fully saturated rings. The summed E-state index contributed by atoms with van der Waals surface area (Å²) in [6.07, 6.45) is 0. The van der Waals surface area contributed by atoms with Crippen LogP contribution in [0.5, 0.6) is 11.5 Å². The van der Waals surface area contributed by atoms with Crippen molar-refractivity contribution in [1.29, 1.82) is 0 Å². The van der Waals surface area contributed by atoms with Gasteiger partial charge in [0.05, 0.1) is 13.2 Å². The third-order valence-corrected chi connectivity index (χ3v) is 6.62. The summed E-state index contributed by atoms with van der Waals surface area (Å²) in [5.74, 6) is 1.23. The van der Waals surface area contributed by atoms with Crippen LogP contribution in [0.2, 0.25) is 0 Å². The number of ether oxygens (including phenoxy) is 2. The van der Waals surface area contributed by atoms with Crippen LogP contribution in [0.1, 0.15) is 0 Å². The normalized spacial score (nSPS) is 34.0. The monoisotopic (exact) mass is 322 g/mol. The molecule has 0 radical (unpaired) electrons. The number of rotatable bonds is 0. The maximum atomic E-state index is 11.7. The molecule has 4 bridgehead atoms. The quantitative estimate of drug-likeness (QED) is 0.674. The van der Waals surface area contributed by atoms with Gasteiger partial charge in [0.2, 0.25) is 0 Å². The van der Waals surface area contributed by atoms with Crippen LogP contribution in [0, 0.1) is 0 Å². The van der Waals surface area contributed by atoms with Gasteiger partial charge in [-0.2, -0.15) is 8.62 Å². The fourth-order valence-corrected chi connectivity index (χ4v) is 4.95. The van der Waals surface area contributed by atoms with Crippen LogP contribution < -0.4 is 9.47 Å². The first kappa shape index (κ1) is 14.1. The van der Waals surface area contributed by atoms with Crippen molar-refractivity contribution in [3.05, 3.63) is 24.3 Å². The molecule has 5 aliphatic heterocycles. The molecule has 10 heteroatoms. The van der Waals surface area contributed by atoms with Gasteiger partial charge < -0.3 is 9.47 Å². The molecule has 8 nitrogen and oxygen atoms in total. The lowest BCUT2D eigenvalue weighted by molar-refractivity contribution is 0.0849. The maximum Gasteiger partial charge on any atom is 0.492 e. The van der Waals surface area contributed by atoms with E-state index in [-0.39, 0.29) is 26.4 Å². The minimum absolute atomic E-state index is 0.0322. The topological polar surface area (TPSA) is 89.5 Å². The van der Waals surface area contributed by atoms with Crippen LogP contribution in [-0.2, 0) is 26.8 Å². The summed E-state index contributed by atoms with van der Waals surface area (Å²) in [5, 5.41) is 0. The van der Waals surface area contributed by atoms with E-state index < -0.39 is 15.6 Å². The Hall–Kier alpha value is -0.880. The van der Waals surface area contributed by atoms with Gasteiger partial charge in [-0.15, -0.1) is 0 Å². The molecular weight excluding hydrogens is 310 g/mol. The van der Waals surface area contributed by atoms with Crippen molar-refractivity contribution in [2.75, 3.05) is 26.4 Å². The molecule has 5 heterocycles. The van der Waals surface area contributed by atoms with Crippen molar-refractivity contribution in [2.45, 2.75) is 0 Å². The molecule has 1 aromatic carbocycles. The van der Waals surface area contributed by atoms with Gasteiger partial charge in [-0.05, 0) is 24.3 Å². The number of benzene rings is 1. The lowest BCUT2D eigenvalue weighted by Crippen LogP contribution is -2.15. The number of hydrogen-bond acceptors (Lipinski definition) is 8. The predicted molar refractivity (Wildman–Crippen MR) is 66.7 cm³/mol. The first-order valence-corrected chi connectivity index (χ1v) is 8.77. The van der Waals surface area contributed by atoms with Gasteiger partial charge in [0, 0.05) is 0 Å². The van der Waals surface area contributed by atoms with Gasteiger partial charge in [0.1, 0.15) is 24.7 Å². The average Bonchev–Trinajstić information content (AvgIpc) is 2.40. The van der Waals surface area contributed by atoms with Gasteiger partial charge >= 0.3 is 15.6 Å². The van der Waals surface area contributed by atoms with Crippen molar-refractivity contribution in [3.63, 3.8) is 0 Å². The highest BCUT2D eigenvalue weighted by molar-refractivity contribution is 7.75. The molecular formula is C10H12O8P2. The molecule has 0 unspecified atom stereocenters. The molecule has 0 aliphatic carbocycles. The van der Waals surface area contributed by atoms with Gasteiger partial charge in [0.15, 0.2) is 0 Å². The second-order valence-electron chi connectivity index (χ2n) is 3.89. The second-order valence-corrected chi connectivity index (χ2v) is 7.50. The summed E-state index contributed by atoms with van der Waals surface area (Å²) >= 11 is 0. The molecule has 110 valence electrons. The van der Waals surface area contributed by atoms with Gasteiger partial charge in [0.25, 0.3) is 0 Å². The van der Waals surface area contributed by atoms with E-state index in [1.165, 1.54) is 0 Å². The van der Waals surface area contributed by atoms with Crippen molar-refractivity contribution < 1.29 is 36.3 Å². The average molecular weight is 322 g/mol. The SMILES string of the molecule is O=P12OCCOc3ccc(cc3)OCCOP(=O)(O1)O2.